The van der Waals surface area contributed by atoms with Crippen molar-refractivity contribution in [3.63, 3.8) is 0 Å². The first-order valence-corrected chi connectivity index (χ1v) is 3.87. The third-order valence-electron chi connectivity index (χ3n) is 1.11. The van der Waals surface area contributed by atoms with E-state index in [1.165, 1.54) is 6.33 Å². The van der Waals surface area contributed by atoms with Crippen LogP contribution in [-0.2, 0) is 30.7 Å². The molecule has 0 saturated heterocycles. The van der Waals surface area contributed by atoms with Crippen LogP contribution in [0.15, 0.2) is 12.5 Å². The van der Waals surface area contributed by atoms with Gasteiger partial charge in [-0.05, 0) is 0 Å². The number of rotatable bonds is 2. The summed E-state index contributed by atoms with van der Waals surface area (Å²) < 4.78 is 0. The number of nitrogens with zero attached hydrogens (tertiary/aromatic N) is 2. The van der Waals surface area contributed by atoms with Crippen LogP contribution in [0.5, 0.6) is 0 Å². The number of nitrogens with one attached hydrogen (secondary N) is 1. The van der Waals surface area contributed by atoms with Gasteiger partial charge >= 0.3 is 0 Å². The molecule has 1 aromatic rings. The van der Waals surface area contributed by atoms with Gasteiger partial charge in [0, 0.05) is 21.1 Å². The summed E-state index contributed by atoms with van der Waals surface area (Å²) in [5.41, 5.74) is 0.884. The van der Waals surface area contributed by atoms with Crippen molar-refractivity contribution in [3.05, 3.63) is 38.6 Å². The van der Waals surface area contributed by atoms with Crippen LogP contribution in [0.3, 0.4) is 0 Å². The molecule has 0 aliphatic rings. The molecule has 90 valence electrons. The zero-order valence-electron chi connectivity index (χ0n) is 9.27. The summed E-state index contributed by atoms with van der Waals surface area (Å²) in [5.74, 6) is -0.352. The molecule has 0 aliphatic heterocycles. The second-order valence-corrected chi connectivity index (χ2v) is 2.19. The first kappa shape index (κ1) is 20.3. The van der Waals surface area contributed by atoms with Crippen molar-refractivity contribution in [1.29, 1.82) is 0 Å². The zero-order valence-corrected chi connectivity index (χ0v) is 12.2. The Labute approximate surface area is 110 Å². The van der Waals surface area contributed by atoms with Crippen LogP contribution in [0.25, 0.3) is 0 Å². The molecule has 0 atom stereocenters. The fraction of sp³-hybridized carbons (Fsp3) is 0.200. The largest absolute Gasteiger partial charge is 0.431 e. The molecule has 0 aliphatic carbocycles. The van der Waals surface area contributed by atoms with Crippen LogP contribution in [-0.4, -0.2) is 22.3 Å². The number of aromatic nitrogens is 2. The van der Waals surface area contributed by atoms with Crippen LogP contribution >= 0.6 is 0 Å². The van der Waals surface area contributed by atoms with Crippen LogP contribution in [0, 0.1) is 27.3 Å². The molecule has 1 N–H and O–H groups in total. The number of aryl methyl sites for hydroxylation is 1. The maximum Gasteiger partial charge on any atom is 0.213 e. The normalized spacial score (nSPS) is 7.12. The fourth-order valence-electron chi connectivity index (χ4n) is 0.459. The topological polar surface area (TPSA) is 72.0 Å². The number of hydrogen-bond donors (Lipinski definition) is 1. The van der Waals surface area contributed by atoms with Crippen LogP contribution in [0.4, 0.5) is 0 Å². The van der Waals surface area contributed by atoms with Crippen LogP contribution in [0.2, 0.25) is 0 Å². The minimum absolute atomic E-state index is 0. The minimum Gasteiger partial charge on any atom is -0.431 e. The van der Waals surface area contributed by atoms with Gasteiger partial charge in [0.25, 0.3) is 0 Å². The van der Waals surface area contributed by atoms with Crippen LogP contribution < -0.4 is 5.32 Å². The summed E-state index contributed by atoms with van der Waals surface area (Å²) in [5, 5.41) is 1.91. The third kappa shape index (κ3) is 12.9. The molecular formula is C10H14N3O2W-3. The average molecular weight is 392 g/mol. The number of imide groups is 1. The maximum atomic E-state index is 10.0. The van der Waals surface area contributed by atoms with Gasteiger partial charge in [0.2, 0.25) is 6.41 Å². The number of carbonyl (C=O) groups is 2. The Balaban J connectivity index is -0.000000188. The van der Waals surface area contributed by atoms with E-state index in [0.717, 1.165) is 5.69 Å². The van der Waals surface area contributed by atoms with Crippen molar-refractivity contribution in [2.75, 3.05) is 0 Å². The van der Waals surface area contributed by atoms with Gasteiger partial charge in [-0.25, -0.2) is 0 Å². The molecule has 0 fully saturated rings. The predicted molar refractivity (Wildman–Crippen MR) is 56.2 cm³/mol. The smallest absolute Gasteiger partial charge is 0.213 e. The van der Waals surface area contributed by atoms with E-state index in [1.54, 1.807) is 6.20 Å². The first-order chi connectivity index (χ1) is 6.70. The van der Waals surface area contributed by atoms with Gasteiger partial charge in [-0.3, -0.25) is 19.6 Å². The van der Waals surface area contributed by atoms with Gasteiger partial charge < -0.3 is 25.7 Å². The molecule has 0 radical (unpaired) electrons. The molecule has 2 amide bonds. The van der Waals surface area contributed by atoms with E-state index in [4.69, 9.17) is 0 Å². The molecule has 0 unspecified atom stereocenters. The summed E-state index contributed by atoms with van der Waals surface area (Å²) in [6, 6.07) is 2.81. The molecule has 0 bridgehead atoms. The Hall–Kier alpha value is -1.09. The Morgan fingerprint density at radius 1 is 1.69 bits per heavy atom. The van der Waals surface area contributed by atoms with Gasteiger partial charge in [0.05, 0.1) is 0 Å². The first-order valence-electron chi connectivity index (χ1n) is 3.87. The van der Waals surface area contributed by atoms with Crippen molar-refractivity contribution in [1.82, 2.24) is 15.3 Å². The number of amides is 2. The molecule has 1 rings (SSSR count). The minimum atomic E-state index is -0.352. The van der Waals surface area contributed by atoms with Gasteiger partial charge in [-0.2, -0.15) is 0 Å². The third-order valence-corrected chi connectivity index (χ3v) is 1.11. The molecule has 0 aromatic carbocycles. The molecule has 0 spiro atoms. The van der Waals surface area contributed by atoms with E-state index in [9.17, 15) is 9.59 Å². The standard InChI is InChI=1S/C5H5N2.C4H6NO2.CH3.W/c1-5-2-3-6-4-7-5;1-2-4(7)5-3-6;;/h3-4H,1H3;3H,1-2H2,(H,5,6,7);1H3;/q3*-1;. The SMILES string of the molecule is Cc1[c-]cncn1.[CH2-]CC(=O)NC=O.[CH3-].[W]. The average Bonchev–Trinajstić information content (AvgIpc) is 2.20. The second kappa shape index (κ2) is 13.9. The Morgan fingerprint density at radius 3 is 2.50 bits per heavy atom. The van der Waals surface area contributed by atoms with E-state index in [2.05, 4.69) is 23.0 Å². The predicted octanol–water partition coefficient (Wildman–Crippen LogP) is 0.516. The number of carbonyl (C=O) groups excluding carboxylic acids is 2. The van der Waals surface area contributed by atoms with E-state index in [1.807, 2.05) is 12.2 Å². The zero-order chi connectivity index (χ0) is 10.8. The van der Waals surface area contributed by atoms with E-state index in [0.29, 0.717) is 6.41 Å². The van der Waals surface area contributed by atoms with Crippen LogP contribution in [0.1, 0.15) is 12.1 Å². The van der Waals surface area contributed by atoms with Gasteiger partial charge in [0.15, 0.2) is 5.91 Å². The number of hydrogen-bond acceptors (Lipinski definition) is 4. The van der Waals surface area contributed by atoms with E-state index < -0.39 is 0 Å². The fourth-order valence-corrected chi connectivity index (χ4v) is 0.459. The Morgan fingerprint density at radius 2 is 2.31 bits per heavy atom. The monoisotopic (exact) mass is 392 g/mol. The maximum absolute atomic E-state index is 10.0. The van der Waals surface area contributed by atoms with Crippen molar-refractivity contribution in [2.24, 2.45) is 0 Å². The summed E-state index contributed by atoms with van der Waals surface area (Å²) >= 11 is 0. The molecule has 6 heteroatoms. The molecular weight excluding hydrogens is 378 g/mol. The van der Waals surface area contributed by atoms with E-state index in [-0.39, 0.29) is 40.8 Å². The van der Waals surface area contributed by atoms with Gasteiger partial charge in [-0.1, -0.05) is 6.92 Å². The summed E-state index contributed by atoms with van der Waals surface area (Å²) in [6.45, 7) is 5.11. The molecule has 0 saturated carbocycles. The van der Waals surface area contributed by atoms with E-state index >= 15 is 0 Å². The van der Waals surface area contributed by atoms with Crippen molar-refractivity contribution in [2.45, 2.75) is 13.3 Å². The molecule has 16 heavy (non-hydrogen) atoms. The van der Waals surface area contributed by atoms with Gasteiger partial charge in [0.1, 0.15) is 6.33 Å². The summed E-state index contributed by atoms with van der Waals surface area (Å²) in [6.07, 6.45) is 3.56. The summed E-state index contributed by atoms with van der Waals surface area (Å²) in [4.78, 5) is 26.9. The van der Waals surface area contributed by atoms with Crippen molar-refractivity contribution >= 4 is 12.3 Å². The Kier molecular flexibility index (Phi) is 17.7. The molecule has 1 heterocycles. The summed E-state index contributed by atoms with van der Waals surface area (Å²) in [7, 11) is 0. The van der Waals surface area contributed by atoms with Crippen molar-refractivity contribution in [3.8, 4) is 0 Å². The molecule has 1 aromatic heterocycles. The quantitative estimate of drug-likeness (QED) is 0.589. The van der Waals surface area contributed by atoms with Gasteiger partial charge in [-0.15, -0.1) is 18.3 Å². The molecule has 5 nitrogen and oxygen atoms in total. The Bertz CT molecular complexity index is 281. The van der Waals surface area contributed by atoms with Crippen molar-refractivity contribution < 1.29 is 30.7 Å². The second-order valence-electron chi connectivity index (χ2n) is 2.19.